The minimum absolute atomic E-state index is 0.0153. The highest BCUT2D eigenvalue weighted by atomic mass is 32.2. The first kappa shape index (κ1) is 31.8. The topological polar surface area (TPSA) is 109 Å². The van der Waals surface area contributed by atoms with Gasteiger partial charge in [0.05, 0.1) is 4.90 Å². The van der Waals surface area contributed by atoms with E-state index in [1.807, 2.05) is 18.6 Å². The molecule has 2 saturated heterocycles. The maximum atomic E-state index is 12.7. The summed E-state index contributed by atoms with van der Waals surface area (Å²) in [7, 11) is -4.08. The van der Waals surface area contributed by atoms with Crippen LogP contribution in [0.1, 0.15) is 97.5 Å². The molecule has 2 aliphatic heterocycles. The van der Waals surface area contributed by atoms with Gasteiger partial charge in [0.2, 0.25) is 0 Å². The zero-order valence-electron chi connectivity index (χ0n) is 24.1. The molecule has 1 amide bonds. The fourth-order valence-corrected chi connectivity index (χ4v) is 6.30. The highest BCUT2D eigenvalue weighted by molar-refractivity contribution is 7.90. The second-order valence-electron chi connectivity index (χ2n) is 11.1. The van der Waals surface area contributed by atoms with Crippen LogP contribution in [0.15, 0.2) is 29.2 Å². The summed E-state index contributed by atoms with van der Waals surface area (Å²) in [6.45, 7) is 9.70. The van der Waals surface area contributed by atoms with Crippen LogP contribution in [0.4, 0.5) is 4.79 Å². The Bertz CT molecular complexity index is 1010. The van der Waals surface area contributed by atoms with Crippen molar-refractivity contribution in [1.29, 1.82) is 0 Å². The van der Waals surface area contributed by atoms with Crippen LogP contribution in [0.25, 0.3) is 0 Å². The van der Waals surface area contributed by atoms with E-state index in [-0.39, 0.29) is 4.90 Å². The van der Waals surface area contributed by atoms with Gasteiger partial charge in [0.25, 0.3) is 10.0 Å². The van der Waals surface area contributed by atoms with E-state index in [0.29, 0.717) is 12.2 Å². The summed E-state index contributed by atoms with van der Waals surface area (Å²) in [4.78, 5) is 12.5. The van der Waals surface area contributed by atoms with E-state index in [1.54, 1.807) is 32.0 Å². The highest BCUT2D eigenvalue weighted by Gasteiger charge is 2.57. The van der Waals surface area contributed by atoms with Crippen molar-refractivity contribution in [2.24, 2.45) is 0 Å². The molecule has 1 aromatic rings. The standard InChI is InChI=1S/C29H47NO8S/c1-6-7-8-9-10-11-12-13-14-17-20-34-27-26-25(37-29(4,5)38-26)24(36-27)22(3)35-28(31)30-39(32,33)23-19-16-15-18-21(23)2/h15-16,18-19,22,24-27H,6-14,17,20H2,1-5H3,(H,30,31)/t22-,24-,25+,26+,27+/m1/s1. The molecule has 0 aliphatic carbocycles. The maximum Gasteiger partial charge on any atom is 0.421 e. The number of carbonyl (C=O) groups excluding carboxylic acids is 1. The third-order valence-electron chi connectivity index (χ3n) is 7.18. The Morgan fingerprint density at radius 1 is 0.974 bits per heavy atom. The van der Waals surface area contributed by atoms with Crippen LogP contribution in [-0.2, 0) is 33.7 Å². The molecule has 39 heavy (non-hydrogen) atoms. The molecule has 222 valence electrons. The molecule has 9 nitrogen and oxygen atoms in total. The Balaban J connectivity index is 1.45. The molecular formula is C29H47NO8S. The number of unbranched alkanes of at least 4 members (excludes halogenated alkanes) is 9. The molecule has 2 heterocycles. The van der Waals surface area contributed by atoms with Crippen molar-refractivity contribution in [1.82, 2.24) is 4.72 Å². The number of rotatable bonds is 16. The molecule has 1 aromatic carbocycles. The molecule has 1 N–H and O–H groups in total. The second kappa shape index (κ2) is 14.8. The van der Waals surface area contributed by atoms with Gasteiger partial charge in [-0.15, -0.1) is 0 Å². The molecule has 10 heteroatoms. The van der Waals surface area contributed by atoms with Crippen LogP contribution >= 0.6 is 0 Å². The lowest BCUT2D eigenvalue weighted by Gasteiger charge is -2.27. The van der Waals surface area contributed by atoms with Crippen molar-refractivity contribution in [3.63, 3.8) is 0 Å². The van der Waals surface area contributed by atoms with Gasteiger partial charge in [-0.2, -0.15) is 0 Å². The summed E-state index contributed by atoms with van der Waals surface area (Å²) >= 11 is 0. The summed E-state index contributed by atoms with van der Waals surface area (Å²) in [6, 6.07) is 6.41. The number of hydrogen-bond donors (Lipinski definition) is 1. The van der Waals surface area contributed by atoms with Crippen LogP contribution in [0.2, 0.25) is 0 Å². The van der Waals surface area contributed by atoms with Gasteiger partial charge >= 0.3 is 6.09 Å². The van der Waals surface area contributed by atoms with Gasteiger partial charge in [-0.25, -0.2) is 17.9 Å². The minimum atomic E-state index is -4.08. The summed E-state index contributed by atoms with van der Waals surface area (Å²) < 4.78 is 57.0. The lowest BCUT2D eigenvalue weighted by atomic mass is 10.1. The zero-order chi connectivity index (χ0) is 28.5. The Hall–Kier alpha value is -1.72. The SMILES string of the molecule is CCCCCCCCCCCCO[C@H]1O[C@H]([C@@H](C)OC(=O)NS(=O)(=O)c2ccccc2C)[C@@H]2OC(C)(C)O[C@H]12. The third kappa shape index (κ3) is 9.42. The van der Waals surface area contributed by atoms with Crippen molar-refractivity contribution in [3.8, 4) is 0 Å². The van der Waals surface area contributed by atoms with E-state index in [1.165, 1.54) is 57.4 Å². The van der Waals surface area contributed by atoms with Gasteiger partial charge in [0.1, 0.15) is 24.4 Å². The van der Waals surface area contributed by atoms with E-state index in [4.69, 9.17) is 23.7 Å². The van der Waals surface area contributed by atoms with Crippen molar-refractivity contribution in [3.05, 3.63) is 29.8 Å². The van der Waals surface area contributed by atoms with E-state index in [0.717, 1.165) is 12.8 Å². The Morgan fingerprint density at radius 3 is 2.21 bits per heavy atom. The van der Waals surface area contributed by atoms with Gasteiger partial charge in [0, 0.05) is 6.61 Å². The number of amides is 1. The first-order valence-corrected chi connectivity index (χ1v) is 15.9. The van der Waals surface area contributed by atoms with Crippen LogP contribution in [0.3, 0.4) is 0 Å². The first-order chi connectivity index (χ1) is 18.5. The van der Waals surface area contributed by atoms with Crippen LogP contribution in [0, 0.1) is 6.92 Å². The summed E-state index contributed by atoms with van der Waals surface area (Å²) in [6.07, 6.45) is 8.14. The lowest BCUT2D eigenvalue weighted by Crippen LogP contribution is -2.42. The van der Waals surface area contributed by atoms with E-state index < -0.39 is 52.6 Å². The van der Waals surface area contributed by atoms with Gasteiger partial charge < -0.3 is 23.7 Å². The zero-order valence-corrected chi connectivity index (χ0v) is 25.0. The maximum absolute atomic E-state index is 12.7. The fraction of sp³-hybridized carbons (Fsp3) is 0.759. The number of fused-ring (bicyclic) bond motifs is 1. The average molecular weight is 570 g/mol. The monoisotopic (exact) mass is 569 g/mol. The van der Waals surface area contributed by atoms with Gasteiger partial charge in [-0.1, -0.05) is 82.9 Å². The van der Waals surface area contributed by atoms with E-state index in [2.05, 4.69) is 6.92 Å². The number of hydrogen-bond acceptors (Lipinski definition) is 8. The van der Waals surface area contributed by atoms with Crippen molar-refractivity contribution >= 4 is 16.1 Å². The molecule has 2 fully saturated rings. The van der Waals surface area contributed by atoms with Gasteiger partial charge in [0.15, 0.2) is 12.1 Å². The Kier molecular flexibility index (Phi) is 12.1. The molecular weight excluding hydrogens is 522 g/mol. The predicted octanol–water partition coefficient (Wildman–Crippen LogP) is 5.98. The number of carbonyl (C=O) groups is 1. The van der Waals surface area contributed by atoms with E-state index in [9.17, 15) is 13.2 Å². The van der Waals surface area contributed by atoms with Gasteiger partial charge in [-0.05, 0) is 45.7 Å². The number of sulfonamides is 1. The smallest absolute Gasteiger partial charge is 0.421 e. The summed E-state index contributed by atoms with van der Waals surface area (Å²) in [5, 5.41) is 0. The molecule has 0 saturated carbocycles. The second-order valence-corrected chi connectivity index (χ2v) is 12.7. The number of ether oxygens (including phenoxy) is 5. The summed E-state index contributed by atoms with van der Waals surface area (Å²) in [5.41, 5.74) is 0.522. The predicted molar refractivity (Wildman–Crippen MR) is 148 cm³/mol. The van der Waals surface area contributed by atoms with Crippen molar-refractivity contribution in [2.75, 3.05) is 6.61 Å². The highest BCUT2D eigenvalue weighted by Crippen LogP contribution is 2.40. The molecule has 2 aliphatic rings. The average Bonchev–Trinajstić information content (AvgIpc) is 3.35. The Morgan fingerprint density at radius 2 is 1.56 bits per heavy atom. The molecule has 0 unspecified atom stereocenters. The lowest BCUT2D eigenvalue weighted by molar-refractivity contribution is -0.241. The number of benzene rings is 1. The molecule has 0 radical (unpaired) electrons. The molecule has 0 spiro atoms. The normalized spacial score (nSPS) is 24.8. The van der Waals surface area contributed by atoms with Crippen LogP contribution in [-0.4, -0.2) is 57.6 Å². The number of aryl methyl sites for hydroxylation is 1. The summed E-state index contributed by atoms with van der Waals surface area (Å²) in [5.74, 6) is -0.841. The fourth-order valence-electron chi connectivity index (χ4n) is 5.17. The Labute approximate surface area is 234 Å². The van der Waals surface area contributed by atoms with Crippen LogP contribution in [0.5, 0.6) is 0 Å². The molecule has 5 atom stereocenters. The molecule has 3 rings (SSSR count). The number of nitrogens with one attached hydrogen (secondary N) is 1. The molecule has 0 bridgehead atoms. The van der Waals surface area contributed by atoms with Crippen LogP contribution < -0.4 is 4.72 Å². The first-order valence-electron chi connectivity index (χ1n) is 14.5. The largest absolute Gasteiger partial charge is 0.443 e. The van der Waals surface area contributed by atoms with Crippen molar-refractivity contribution < 1.29 is 36.9 Å². The minimum Gasteiger partial charge on any atom is -0.443 e. The van der Waals surface area contributed by atoms with Gasteiger partial charge in [-0.3, -0.25) is 0 Å². The van der Waals surface area contributed by atoms with E-state index >= 15 is 0 Å². The van der Waals surface area contributed by atoms with Crippen molar-refractivity contribution in [2.45, 2.75) is 140 Å². The third-order valence-corrected chi connectivity index (χ3v) is 8.66. The molecule has 0 aromatic heterocycles. The quantitative estimate of drug-likeness (QED) is 0.242.